The molecule has 3 aromatic rings. The van der Waals surface area contributed by atoms with Crippen LogP contribution in [0.1, 0.15) is 13.8 Å². The normalized spacial score (nSPS) is 11.5. The minimum atomic E-state index is 0.582. The Hall–Kier alpha value is -2.17. The molecule has 0 radical (unpaired) electrons. The van der Waals surface area contributed by atoms with Crippen molar-refractivity contribution in [3.63, 3.8) is 0 Å². The van der Waals surface area contributed by atoms with E-state index in [2.05, 4.69) is 29.0 Å². The lowest BCUT2D eigenvalue weighted by molar-refractivity contribution is 0.483. The quantitative estimate of drug-likeness (QED) is 0.706. The number of imidazole rings is 1. The molecule has 0 unspecified atom stereocenters. The molecule has 0 N–H and O–H groups in total. The second-order valence-corrected chi connectivity index (χ2v) is 4.78. The number of aromatic nitrogens is 5. The Morgan fingerprint density at radius 1 is 1.22 bits per heavy atom. The first-order chi connectivity index (χ1) is 8.74. The Kier molecular flexibility index (Phi) is 2.59. The van der Waals surface area contributed by atoms with Gasteiger partial charge >= 0.3 is 0 Å². The summed E-state index contributed by atoms with van der Waals surface area (Å²) in [7, 11) is 0. The third-order valence-corrected chi connectivity index (χ3v) is 2.76. The number of rotatable bonds is 3. The van der Waals surface area contributed by atoms with E-state index < -0.39 is 0 Å². The smallest absolute Gasteiger partial charge is 0.154 e. The molecule has 18 heavy (non-hydrogen) atoms. The maximum Gasteiger partial charge on any atom is 0.154 e. The summed E-state index contributed by atoms with van der Waals surface area (Å²) in [5, 5.41) is 8.67. The SMILES string of the molecule is CC(C)Cn1cc(-c2cnc3cccnn23)cn1. The maximum absolute atomic E-state index is 4.37. The molecule has 0 fully saturated rings. The van der Waals surface area contributed by atoms with Gasteiger partial charge in [0, 0.05) is 24.5 Å². The first-order valence-electron chi connectivity index (χ1n) is 6.05. The van der Waals surface area contributed by atoms with Gasteiger partial charge in [-0.3, -0.25) is 4.68 Å². The minimum absolute atomic E-state index is 0.582. The van der Waals surface area contributed by atoms with Crippen LogP contribution in [-0.4, -0.2) is 24.4 Å². The highest BCUT2D eigenvalue weighted by Crippen LogP contribution is 2.19. The molecule has 5 heteroatoms. The molecule has 0 spiro atoms. The predicted molar refractivity (Wildman–Crippen MR) is 69.0 cm³/mol. The summed E-state index contributed by atoms with van der Waals surface area (Å²) < 4.78 is 3.79. The third-order valence-electron chi connectivity index (χ3n) is 2.76. The lowest BCUT2D eigenvalue weighted by atomic mass is 10.2. The highest BCUT2D eigenvalue weighted by Gasteiger charge is 2.09. The zero-order valence-corrected chi connectivity index (χ0v) is 10.5. The molecule has 0 aliphatic rings. The second kappa shape index (κ2) is 4.25. The van der Waals surface area contributed by atoms with E-state index in [1.54, 1.807) is 6.20 Å². The highest BCUT2D eigenvalue weighted by atomic mass is 15.3. The summed E-state index contributed by atoms with van der Waals surface area (Å²) in [6.45, 7) is 5.28. The van der Waals surface area contributed by atoms with Crippen molar-refractivity contribution >= 4 is 5.65 Å². The zero-order valence-electron chi connectivity index (χ0n) is 10.5. The van der Waals surface area contributed by atoms with Gasteiger partial charge in [0.05, 0.1) is 18.1 Å². The van der Waals surface area contributed by atoms with E-state index in [9.17, 15) is 0 Å². The fraction of sp³-hybridized carbons (Fsp3) is 0.308. The van der Waals surface area contributed by atoms with Crippen molar-refractivity contribution in [1.82, 2.24) is 24.4 Å². The largest absolute Gasteiger partial charge is 0.272 e. The molecule has 0 aromatic carbocycles. The summed E-state index contributed by atoms with van der Waals surface area (Å²) in [6, 6.07) is 3.82. The number of fused-ring (bicyclic) bond motifs is 1. The lowest BCUT2D eigenvalue weighted by Gasteiger charge is -2.03. The number of hydrogen-bond donors (Lipinski definition) is 0. The average molecular weight is 241 g/mol. The van der Waals surface area contributed by atoms with Crippen LogP contribution < -0.4 is 0 Å². The van der Waals surface area contributed by atoms with Crippen LogP contribution in [0.4, 0.5) is 0 Å². The molecule has 0 bridgehead atoms. The van der Waals surface area contributed by atoms with Gasteiger partial charge < -0.3 is 0 Å². The van der Waals surface area contributed by atoms with Gasteiger partial charge in [-0.15, -0.1) is 0 Å². The fourth-order valence-electron chi connectivity index (χ4n) is 2.00. The van der Waals surface area contributed by atoms with Crippen molar-refractivity contribution in [2.45, 2.75) is 20.4 Å². The van der Waals surface area contributed by atoms with E-state index in [0.29, 0.717) is 5.92 Å². The molecule has 0 saturated carbocycles. The van der Waals surface area contributed by atoms with Crippen molar-refractivity contribution in [2.75, 3.05) is 0 Å². The van der Waals surface area contributed by atoms with Gasteiger partial charge in [0.25, 0.3) is 0 Å². The third kappa shape index (κ3) is 1.88. The Balaban J connectivity index is 2.01. The Morgan fingerprint density at radius 3 is 2.94 bits per heavy atom. The molecule has 0 aliphatic carbocycles. The highest BCUT2D eigenvalue weighted by molar-refractivity contribution is 5.61. The molecule has 0 saturated heterocycles. The molecule has 3 aromatic heterocycles. The van der Waals surface area contributed by atoms with Crippen molar-refractivity contribution in [1.29, 1.82) is 0 Å². The van der Waals surface area contributed by atoms with Gasteiger partial charge in [-0.25, -0.2) is 9.50 Å². The van der Waals surface area contributed by atoms with Crippen LogP contribution >= 0.6 is 0 Å². The molecule has 0 aliphatic heterocycles. The van der Waals surface area contributed by atoms with Gasteiger partial charge in [0.2, 0.25) is 0 Å². The van der Waals surface area contributed by atoms with Crippen LogP contribution in [0.5, 0.6) is 0 Å². The molecule has 0 amide bonds. The Labute approximate surface area is 105 Å². The summed E-state index contributed by atoms with van der Waals surface area (Å²) in [6.07, 6.45) is 7.49. The fourth-order valence-corrected chi connectivity index (χ4v) is 2.00. The summed E-state index contributed by atoms with van der Waals surface area (Å²) >= 11 is 0. The van der Waals surface area contributed by atoms with Crippen LogP contribution in [0.3, 0.4) is 0 Å². The first-order valence-corrected chi connectivity index (χ1v) is 6.05. The Bertz CT molecular complexity index is 665. The standard InChI is InChI=1S/C13H15N5/c1-10(2)8-17-9-11(6-16-17)12-7-14-13-4-3-5-15-18(12)13/h3-7,9-10H,8H2,1-2H3. The van der Waals surface area contributed by atoms with E-state index in [-0.39, 0.29) is 0 Å². The summed E-state index contributed by atoms with van der Waals surface area (Å²) in [5.74, 6) is 0.582. The summed E-state index contributed by atoms with van der Waals surface area (Å²) in [4.78, 5) is 4.33. The van der Waals surface area contributed by atoms with Gasteiger partial charge in [-0.1, -0.05) is 13.8 Å². The van der Waals surface area contributed by atoms with Crippen LogP contribution in [0.25, 0.3) is 16.9 Å². The molecule has 3 heterocycles. The van der Waals surface area contributed by atoms with Crippen molar-refractivity contribution in [2.24, 2.45) is 5.92 Å². The molecule has 92 valence electrons. The van der Waals surface area contributed by atoms with Crippen molar-refractivity contribution in [3.8, 4) is 11.3 Å². The topological polar surface area (TPSA) is 48.0 Å². The van der Waals surface area contributed by atoms with Gasteiger partial charge in [0.15, 0.2) is 5.65 Å². The summed E-state index contributed by atoms with van der Waals surface area (Å²) in [5.41, 5.74) is 2.87. The van der Waals surface area contributed by atoms with E-state index in [1.165, 1.54) is 0 Å². The van der Waals surface area contributed by atoms with Crippen molar-refractivity contribution < 1.29 is 0 Å². The second-order valence-electron chi connectivity index (χ2n) is 4.78. The van der Waals surface area contributed by atoms with Crippen LogP contribution in [0.2, 0.25) is 0 Å². The molecule has 5 nitrogen and oxygen atoms in total. The van der Waals surface area contributed by atoms with Crippen LogP contribution in [0.15, 0.2) is 36.9 Å². The van der Waals surface area contributed by atoms with Gasteiger partial charge in [-0.2, -0.15) is 10.2 Å². The van der Waals surface area contributed by atoms with E-state index >= 15 is 0 Å². The zero-order chi connectivity index (χ0) is 12.5. The molecular weight excluding hydrogens is 226 g/mol. The maximum atomic E-state index is 4.37. The number of hydrogen-bond acceptors (Lipinski definition) is 3. The minimum Gasteiger partial charge on any atom is -0.272 e. The van der Waals surface area contributed by atoms with Gasteiger partial charge in [-0.05, 0) is 18.1 Å². The van der Waals surface area contributed by atoms with E-state index in [4.69, 9.17) is 0 Å². The predicted octanol–water partition coefficient (Wildman–Crippen LogP) is 2.25. The number of nitrogens with zero attached hydrogens (tertiary/aromatic N) is 5. The monoisotopic (exact) mass is 241 g/mol. The lowest BCUT2D eigenvalue weighted by Crippen LogP contribution is -2.04. The van der Waals surface area contributed by atoms with Crippen LogP contribution in [-0.2, 0) is 6.54 Å². The Morgan fingerprint density at radius 2 is 2.11 bits per heavy atom. The van der Waals surface area contributed by atoms with E-state index in [1.807, 2.05) is 39.9 Å². The first kappa shape index (κ1) is 11.0. The average Bonchev–Trinajstić information content (AvgIpc) is 2.94. The van der Waals surface area contributed by atoms with Gasteiger partial charge in [0.1, 0.15) is 0 Å². The van der Waals surface area contributed by atoms with Crippen molar-refractivity contribution in [3.05, 3.63) is 36.9 Å². The molecular formula is C13H15N5. The van der Waals surface area contributed by atoms with Crippen LogP contribution in [0, 0.1) is 5.92 Å². The van der Waals surface area contributed by atoms with E-state index in [0.717, 1.165) is 23.4 Å². The molecule has 0 atom stereocenters. The molecule has 3 rings (SSSR count).